The first kappa shape index (κ1) is 16.4. The van der Waals surface area contributed by atoms with Crippen LogP contribution in [0, 0.1) is 12.8 Å². The SMILES string of the molecule is C/C=C/C(C)C(C(=O)OC)S(=O)(=O)c1ccc(C)cc1. The summed E-state index contributed by atoms with van der Waals surface area (Å²) in [5, 5.41) is -1.23. The van der Waals surface area contributed by atoms with Crippen molar-refractivity contribution in [3.63, 3.8) is 0 Å². The fourth-order valence-corrected chi connectivity index (χ4v) is 3.83. The van der Waals surface area contributed by atoms with Crippen molar-refractivity contribution < 1.29 is 17.9 Å². The predicted octanol–water partition coefficient (Wildman–Crippen LogP) is 2.52. The van der Waals surface area contributed by atoms with E-state index in [0.717, 1.165) is 5.56 Å². The van der Waals surface area contributed by atoms with Crippen LogP contribution < -0.4 is 0 Å². The van der Waals surface area contributed by atoms with Crippen molar-refractivity contribution in [1.29, 1.82) is 0 Å². The monoisotopic (exact) mass is 296 g/mol. The third-order valence-corrected chi connectivity index (χ3v) is 5.31. The van der Waals surface area contributed by atoms with Crippen LogP contribution in [0.15, 0.2) is 41.3 Å². The van der Waals surface area contributed by atoms with E-state index in [-0.39, 0.29) is 4.90 Å². The molecule has 0 aliphatic heterocycles. The molecule has 2 unspecified atom stereocenters. The van der Waals surface area contributed by atoms with Gasteiger partial charge in [-0.25, -0.2) is 8.42 Å². The lowest BCUT2D eigenvalue weighted by molar-refractivity contribution is -0.140. The Labute approximate surface area is 120 Å². The van der Waals surface area contributed by atoms with Gasteiger partial charge in [-0.2, -0.15) is 0 Å². The van der Waals surface area contributed by atoms with Crippen LogP contribution in [-0.4, -0.2) is 26.7 Å². The summed E-state index contributed by atoms with van der Waals surface area (Å²) in [5.74, 6) is -1.20. The average Bonchev–Trinajstić information content (AvgIpc) is 2.39. The van der Waals surface area contributed by atoms with E-state index in [0.29, 0.717) is 0 Å². The van der Waals surface area contributed by atoms with Crippen LogP contribution in [0.25, 0.3) is 0 Å². The van der Waals surface area contributed by atoms with E-state index >= 15 is 0 Å². The third-order valence-electron chi connectivity index (χ3n) is 3.09. The number of carbonyl (C=O) groups excluding carboxylic acids is 1. The molecule has 5 heteroatoms. The standard InChI is InChI=1S/C15H20O4S/c1-5-6-12(3)14(15(16)19-4)20(17,18)13-9-7-11(2)8-10-13/h5-10,12,14H,1-4H3/b6-5+. The molecule has 0 saturated carbocycles. The molecule has 0 bridgehead atoms. The number of methoxy groups -OCH3 is 1. The number of aryl methyl sites for hydroxylation is 1. The summed E-state index contributed by atoms with van der Waals surface area (Å²) < 4.78 is 29.9. The lowest BCUT2D eigenvalue weighted by Crippen LogP contribution is -2.36. The molecule has 0 saturated heterocycles. The minimum atomic E-state index is -3.78. The zero-order chi connectivity index (χ0) is 15.3. The van der Waals surface area contributed by atoms with Crippen LogP contribution in [0.1, 0.15) is 19.4 Å². The van der Waals surface area contributed by atoms with Crippen molar-refractivity contribution in [2.75, 3.05) is 7.11 Å². The molecule has 0 aliphatic rings. The zero-order valence-corrected chi connectivity index (χ0v) is 13.0. The topological polar surface area (TPSA) is 60.4 Å². The van der Waals surface area contributed by atoms with Gasteiger partial charge >= 0.3 is 5.97 Å². The van der Waals surface area contributed by atoms with Crippen molar-refractivity contribution in [3.8, 4) is 0 Å². The Hall–Kier alpha value is -1.62. The molecule has 0 heterocycles. The first-order valence-corrected chi connectivity index (χ1v) is 7.90. The van der Waals surface area contributed by atoms with Gasteiger partial charge in [0, 0.05) is 5.92 Å². The summed E-state index contributed by atoms with van der Waals surface area (Å²) in [6, 6.07) is 6.45. The second kappa shape index (κ2) is 6.70. The molecule has 0 radical (unpaired) electrons. The molecule has 1 aromatic carbocycles. The minimum absolute atomic E-state index is 0.134. The van der Waals surface area contributed by atoms with Crippen LogP contribution in [0.3, 0.4) is 0 Å². The maximum atomic E-state index is 12.6. The second-order valence-electron chi connectivity index (χ2n) is 4.69. The van der Waals surface area contributed by atoms with Gasteiger partial charge in [-0.3, -0.25) is 4.79 Å². The van der Waals surface area contributed by atoms with Gasteiger partial charge < -0.3 is 4.74 Å². The van der Waals surface area contributed by atoms with Crippen LogP contribution in [0.5, 0.6) is 0 Å². The first-order chi connectivity index (χ1) is 9.34. The van der Waals surface area contributed by atoms with E-state index in [1.807, 2.05) is 6.92 Å². The number of allylic oxidation sites excluding steroid dienone is 2. The number of benzene rings is 1. The molecular formula is C15H20O4S. The van der Waals surface area contributed by atoms with Crippen LogP contribution in [-0.2, 0) is 19.4 Å². The second-order valence-corrected chi connectivity index (χ2v) is 6.76. The summed E-state index contributed by atoms with van der Waals surface area (Å²) in [4.78, 5) is 12.0. The van der Waals surface area contributed by atoms with Crippen molar-refractivity contribution in [1.82, 2.24) is 0 Å². The number of ether oxygens (including phenoxy) is 1. The van der Waals surface area contributed by atoms with Gasteiger partial charge in [0.2, 0.25) is 0 Å². The van der Waals surface area contributed by atoms with Gasteiger partial charge in [0.15, 0.2) is 15.1 Å². The van der Waals surface area contributed by atoms with Crippen molar-refractivity contribution in [3.05, 3.63) is 42.0 Å². The molecule has 0 N–H and O–H groups in total. The van der Waals surface area contributed by atoms with E-state index in [1.54, 1.807) is 38.1 Å². The largest absolute Gasteiger partial charge is 0.468 e. The van der Waals surface area contributed by atoms with E-state index in [4.69, 9.17) is 0 Å². The quantitative estimate of drug-likeness (QED) is 0.619. The fraction of sp³-hybridized carbons (Fsp3) is 0.400. The Morgan fingerprint density at radius 2 is 1.80 bits per heavy atom. The molecule has 1 rings (SSSR count). The smallest absolute Gasteiger partial charge is 0.325 e. The highest BCUT2D eigenvalue weighted by Crippen LogP contribution is 2.24. The highest BCUT2D eigenvalue weighted by molar-refractivity contribution is 7.92. The van der Waals surface area contributed by atoms with Gasteiger partial charge in [-0.15, -0.1) is 0 Å². The Kier molecular flexibility index (Phi) is 5.51. The average molecular weight is 296 g/mol. The van der Waals surface area contributed by atoms with Crippen LogP contribution >= 0.6 is 0 Å². The Morgan fingerprint density at radius 3 is 2.25 bits per heavy atom. The highest BCUT2D eigenvalue weighted by atomic mass is 32.2. The number of hydrogen-bond donors (Lipinski definition) is 0. The minimum Gasteiger partial charge on any atom is -0.468 e. The number of esters is 1. The Morgan fingerprint density at radius 1 is 1.25 bits per heavy atom. The molecule has 0 spiro atoms. The predicted molar refractivity (Wildman–Crippen MR) is 78.1 cm³/mol. The molecule has 0 amide bonds. The van der Waals surface area contributed by atoms with E-state index in [9.17, 15) is 13.2 Å². The molecule has 20 heavy (non-hydrogen) atoms. The summed E-state index contributed by atoms with van der Waals surface area (Å²) in [6.45, 7) is 5.34. The lowest BCUT2D eigenvalue weighted by atomic mass is 10.1. The molecule has 110 valence electrons. The molecule has 0 aromatic heterocycles. The summed E-state index contributed by atoms with van der Waals surface area (Å²) in [5.41, 5.74) is 0.958. The first-order valence-electron chi connectivity index (χ1n) is 6.35. The third kappa shape index (κ3) is 3.48. The van der Waals surface area contributed by atoms with Crippen molar-refractivity contribution >= 4 is 15.8 Å². The van der Waals surface area contributed by atoms with Gasteiger partial charge in [-0.05, 0) is 26.0 Å². The van der Waals surface area contributed by atoms with Gasteiger partial charge in [0.05, 0.1) is 12.0 Å². The van der Waals surface area contributed by atoms with Gasteiger partial charge in [-0.1, -0.05) is 36.8 Å². The molecule has 2 atom stereocenters. The van der Waals surface area contributed by atoms with Crippen LogP contribution in [0.4, 0.5) is 0 Å². The van der Waals surface area contributed by atoms with Crippen LogP contribution in [0.2, 0.25) is 0 Å². The maximum absolute atomic E-state index is 12.6. The van der Waals surface area contributed by atoms with Crippen molar-refractivity contribution in [2.24, 2.45) is 5.92 Å². The van der Waals surface area contributed by atoms with E-state index in [1.165, 1.54) is 19.2 Å². The molecule has 1 aromatic rings. The number of carbonyl (C=O) groups is 1. The zero-order valence-electron chi connectivity index (χ0n) is 12.2. The molecular weight excluding hydrogens is 276 g/mol. The maximum Gasteiger partial charge on any atom is 0.325 e. The van der Waals surface area contributed by atoms with Gasteiger partial charge in [0.25, 0.3) is 0 Å². The number of rotatable bonds is 5. The molecule has 4 nitrogen and oxygen atoms in total. The summed E-state index contributed by atoms with van der Waals surface area (Å²) in [7, 11) is -2.58. The van der Waals surface area contributed by atoms with E-state index in [2.05, 4.69) is 4.74 Å². The normalized spacial score (nSPS) is 15.0. The lowest BCUT2D eigenvalue weighted by Gasteiger charge is -2.19. The molecule has 0 aliphatic carbocycles. The van der Waals surface area contributed by atoms with Crippen molar-refractivity contribution in [2.45, 2.75) is 30.9 Å². The molecule has 0 fully saturated rings. The number of sulfone groups is 1. The summed E-state index contributed by atoms with van der Waals surface area (Å²) >= 11 is 0. The number of hydrogen-bond acceptors (Lipinski definition) is 4. The fourth-order valence-electron chi connectivity index (χ4n) is 2.02. The highest BCUT2D eigenvalue weighted by Gasteiger charge is 2.38. The van der Waals surface area contributed by atoms with E-state index < -0.39 is 27.0 Å². The Bertz CT molecular complexity index is 585. The Balaban J connectivity index is 3.31. The summed E-state index contributed by atoms with van der Waals surface area (Å²) in [6.07, 6.45) is 3.42. The van der Waals surface area contributed by atoms with Gasteiger partial charge in [0.1, 0.15) is 0 Å².